The number of benzene rings is 2. The van der Waals surface area contributed by atoms with Crippen LogP contribution in [0.1, 0.15) is 31.8 Å². The first-order chi connectivity index (χ1) is 9.65. The van der Waals surface area contributed by atoms with Crippen LogP contribution in [0.3, 0.4) is 0 Å². The van der Waals surface area contributed by atoms with Crippen LogP contribution in [0, 0.1) is 10.7 Å². The molecule has 3 nitrogen and oxygen atoms in total. The van der Waals surface area contributed by atoms with Gasteiger partial charge in [-0.25, -0.2) is 0 Å². The maximum atomic E-state index is 12.6. The van der Waals surface area contributed by atoms with Crippen molar-refractivity contribution in [2.45, 2.75) is 4.90 Å². The molecular formula is C15H6ClNO2S. The van der Waals surface area contributed by atoms with Gasteiger partial charge in [-0.15, -0.1) is 0 Å². The van der Waals surface area contributed by atoms with E-state index in [1.165, 1.54) is 0 Å². The minimum absolute atomic E-state index is 0.241. The van der Waals surface area contributed by atoms with Crippen molar-refractivity contribution in [3.8, 4) is 5.40 Å². The average molecular weight is 300 g/mol. The lowest BCUT2D eigenvalue weighted by Gasteiger charge is -2.19. The van der Waals surface area contributed by atoms with Crippen molar-refractivity contribution in [3.05, 3.63) is 63.7 Å². The predicted octanol–water partition coefficient (Wildman–Crippen LogP) is 3.69. The standard InChI is InChI=1S/C15H6ClNO2S/c16-10-5-1-3-8-12(10)14(18)9-4-2-6-11(20-7-17)13(9)15(8)19/h1-6H. The first-order valence-electron chi connectivity index (χ1n) is 5.72. The molecule has 0 unspecified atom stereocenters. The Kier molecular flexibility index (Phi) is 3.09. The lowest BCUT2D eigenvalue weighted by Crippen LogP contribution is -2.22. The Bertz CT molecular complexity index is 808. The van der Waals surface area contributed by atoms with Crippen molar-refractivity contribution in [1.82, 2.24) is 0 Å². The Morgan fingerprint density at radius 1 is 0.950 bits per heavy atom. The summed E-state index contributed by atoms with van der Waals surface area (Å²) < 4.78 is 0. The molecule has 2 aromatic rings. The van der Waals surface area contributed by atoms with E-state index in [1.54, 1.807) is 36.4 Å². The fourth-order valence-corrected chi connectivity index (χ4v) is 3.11. The molecule has 0 fully saturated rings. The van der Waals surface area contributed by atoms with Gasteiger partial charge in [0.2, 0.25) is 0 Å². The smallest absolute Gasteiger partial charge is 0.196 e. The predicted molar refractivity (Wildman–Crippen MR) is 76.2 cm³/mol. The maximum Gasteiger partial charge on any atom is 0.196 e. The molecule has 20 heavy (non-hydrogen) atoms. The van der Waals surface area contributed by atoms with Crippen LogP contribution in [-0.4, -0.2) is 11.6 Å². The van der Waals surface area contributed by atoms with Crippen LogP contribution >= 0.6 is 23.4 Å². The minimum Gasteiger partial charge on any atom is -0.289 e. The fraction of sp³-hybridized carbons (Fsp3) is 0. The minimum atomic E-state index is -0.277. The number of carbonyl (C=O) groups is 2. The van der Waals surface area contributed by atoms with Crippen molar-refractivity contribution in [1.29, 1.82) is 5.26 Å². The van der Waals surface area contributed by atoms with E-state index in [9.17, 15) is 9.59 Å². The number of hydrogen-bond donors (Lipinski definition) is 0. The SMILES string of the molecule is N#CSc1cccc2c1C(=O)c1cccc(Cl)c1C2=O. The van der Waals surface area contributed by atoms with E-state index < -0.39 is 0 Å². The Morgan fingerprint density at radius 3 is 2.25 bits per heavy atom. The Hall–Kier alpha value is -2.09. The molecule has 0 saturated heterocycles. The van der Waals surface area contributed by atoms with Crippen molar-refractivity contribution >= 4 is 34.9 Å². The van der Waals surface area contributed by atoms with Gasteiger partial charge in [0.25, 0.3) is 0 Å². The summed E-state index contributed by atoms with van der Waals surface area (Å²) in [6.45, 7) is 0. The van der Waals surface area contributed by atoms with E-state index in [4.69, 9.17) is 16.9 Å². The summed E-state index contributed by atoms with van der Waals surface area (Å²) in [6, 6.07) is 9.71. The Balaban J connectivity index is 2.33. The van der Waals surface area contributed by atoms with Gasteiger partial charge >= 0.3 is 0 Å². The number of halogens is 1. The number of nitriles is 1. The maximum absolute atomic E-state index is 12.6. The van der Waals surface area contributed by atoms with Crippen molar-refractivity contribution in [2.75, 3.05) is 0 Å². The van der Waals surface area contributed by atoms with Gasteiger partial charge in [0.1, 0.15) is 5.40 Å². The summed E-state index contributed by atoms with van der Waals surface area (Å²) in [7, 11) is 0. The van der Waals surface area contributed by atoms with Crippen LogP contribution < -0.4 is 0 Å². The average Bonchev–Trinajstić information content (AvgIpc) is 2.45. The first-order valence-corrected chi connectivity index (χ1v) is 6.91. The normalized spacial score (nSPS) is 12.6. The largest absolute Gasteiger partial charge is 0.289 e. The molecule has 0 amide bonds. The second-order valence-corrected chi connectivity index (χ2v) is 5.43. The van der Waals surface area contributed by atoms with Crippen LogP contribution in [0.15, 0.2) is 41.3 Å². The van der Waals surface area contributed by atoms with E-state index >= 15 is 0 Å². The lowest BCUT2D eigenvalue weighted by atomic mass is 9.84. The summed E-state index contributed by atoms with van der Waals surface area (Å²) in [5.74, 6) is -0.545. The number of fused-ring (bicyclic) bond motifs is 2. The molecule has 0 saturated carbocycles. The number of hydrogen-bond acceptors (Lipinski definition) is 4. The summed E-state index contributed by atoms with van der Waals surface area (Å²) in [4.78, 5) is 25.6. The Labute approximate surface area is 124 Å². The fourth-order valence-electron chi connectivity index (χ4n) is 2.30. The molecule has 5 heteroatoms. The quantitative estimate of drug-likeness (QED) is 0.508. The highest BCUT2D eigenvalue weighted by atomic mass is 35.5. The van der Waals surface area contributed by atoms with Gasteiger partial charge in [-0.3, -0.25) is 9.59 Å². The second-order valence-electron chi connectivity index (χ2n) is 4.19. The molecule has 0 bridgehead atoms. The molecule has 0 heterocycles. The lowest BCUT2D eigenvalue weighted by molar-refractivity contribution is 0.0977. The van der Waals surface area contributed by atoms with Gasteiger partial charge in [0, 0.05) is 21.6 Å². The number of thiocyanates is 1. The molecule has 1 aliphatic carbocycles. The van der Waals surface area contributed by atoms with E-state index in [-0.39, 0.29) is 22.2 Å². The molecule has 0 N–H and O–H groups in total. The first kappa shape index (κ1) is 12.9. The van der Waals surface area contributed by atoms with Gasteiger partial charge in [0.15, 0.2) is 11.6 Å². The zero-order valence-electron chi connectivity index (χ0n) is 10.0. The van der Waals surface area contributed by atoms with Crippen molar-refractivity contribution in [2.24, 2.45) is 0 Å². The number of rotatable bonds is 1. The number of thioether (sulfide) groups is 1. The van der Waals surface area contributed by atoms with E-state index in [1.807, 2.05) is 5.40 Å². The third-order valence-corrected chi connectivity index (χ3v) is 4.11. The van der Waals surface area contributed by atoms with Crippen molar-refractivity contribution in [3.63, 3.8) is 0 Å². The second kappa shape index (κ2) is 4.78. The molecule has 0 spiro atoms. The topological polar surface area (TPSA) is 57.9 Å². The highest BCUT2D eigenvalue weighted by Gasteiger charge is 2.33. The number of nitrogens with zero attached hydrogens (tertiary/aromatic N) is 1. The molecule has 0 atom stereocenters. The summed E-state index contributed by atoms with van der Waals surface area (Å²) in [6.07, 6.45) is 0. The third kappa shape index (κ3) is 1.75. The highest BCUT2D eigenvalue weighted by molar-refractivity contribution is 8.03. The number of carbonyl (C=O) groups excluding carboxylic acids is 2. The van der Waals surface area contributed by atoms with Crippen LogP contribution in [0.2, 0.25) is 5.02 Å². The van der Waals surface area contributed by atoms with Gasteiger partial charge in [-0.1, -0.05) is 35.9 Å². The van der Waals surface area contributed by atoms with Gasteiger partial charge < -0.3 is 0 Å². The third-order valence-electron chi connectivity index (χ3n) is 3.14. The molecule has 0 aliphatic heterocycles. The summed E-state index contributed by atoms with van der Waals surface area (Å²) in [5, 5.41) is 11.0. The molecule has 1 aliphatic rings. The molecule has 0 radical (unpaired) electrons. The van der Waals surface area contributed by atoms with Crippen LogP contribution in [0.4, 0.5) is 0 Å². The molecule has 0 aromatic heterocycles. The highest BCUT2D eigenvalue weighted by Crippen LogP contribution is 2.36. The van der Waals surface area contributed by atoms with Gasteiger partial charge in [0.05, 0.1) is 10.6 Å². The summed E-state index contributed by atoms with van der Waals surface area (Å²) in [5.41, 5.74) is 1.13. The zero-order valence-corrected chi connectivity index (χ0v) is 11.6. The van der Waals surface area contributed by atoms with E-state index in [2.05, 4.69) is 0 Å². The summed E-state index contributed by atoms with van der Waals surface area (Å²) >= 11 is 6.91. The molecular weight excluding hydrogens is 294 g/mol. The van der Waals surface area contributed by atoms with Crippen LogP contribution in [0.5, 0.6) is 0 Å². The van der Waals surface area contributed by atoms with Crippen LogP contribution in [-0.2, 0) is 0 Å². The molecule has 2 aromatic carbocycles. The van der Waals surface area contributed by atoms with Gasteiger partial charge in [-0.05, 0) is 23.9 Å². The monoisotopic (exact) mass is 299 g/mol. The number of ketones is 2. The van der Waals surface area contributed by atoms with Crippen LogP contribution in [0.25, 0.3) is 0 Å². The van der Waals surface area contributed by atoms with E-state index in [0.29, 0.717) is 21.6 Å². The zero-order chi connectivity index (χ0) is 14.3. The molecule has 3 rings (SSSR count). The molecule has 96 valence electrons. The van der Waals surface area contributed by atoms with E-state index in [0.717, 1.165) is 11.8 Å². The Morgan fingerprint density at radius 2 is 1.55 bits per heavy atom. The van der Waals surface area contributed by atoms with Gasteiger partial charge in [-0.2, -0.15) is 5.26 Å². The van der Waals surface area contributed by atoms with Crippen molar-refractivity contribution < 1.29 is 9.59 Å².